The molecule has 76 valence electrons. The smallest absolute Gasteiger partial charge is 0.161 e. The average Bonchev–Trinajstić information content (AvgIpc) is 2.26. The van der Waals surface area contributed by atoms with Crippen LogP contribution >= 0.6 is 31.9 Å². The number of anilines is 1. The molecule has 0 radical (unpaired) electrons. The number of aromatic nitrogens is 2. The molecule has 0 unspecified atom stereocenters. The summed E-state index contributed by atoms with van der Waals surface area (Å²) in [7, 11) is 0. The number of benzene rings is 1. The van der Waals surface area contributed by atoms with Crippen LogP contribution in [0.25, 0.3) is 11.4 Å². The van der Waals surface area contributed by atoms with E-state index in [1.807, 2.05) is 30.3 Å². The second-order valence-electron chi connectivity index (χ2n) is 2.91. The second kappa shape index (κ2) is 4.28. The van der Waals surface area contributed by atoms with E-state index in [1.165, 1.54) is 0 Å². The summed E-state index contributed by atoms with van der Waals surface area (Å²) in [6, 6.07) is 9.73. The fourth-order valence-corrected chi connectivity index (χ4v) is 2.11. The molecule has 2 aromatic rings. The van der Waals surface area contributed by atoms with Gasteiger partial charge in [0.05, 0.1) is 5.69 Å². The van der Waals surface area contributed by atoms with Crippen LogP contribution in [0.2, 0.25) is 0 Å². The minimum absolute atomic E-state index is 0.509. The van der Waals surface area contributed by atoms with Crippen molar-refractivity contribution in [2.75, 3.05) is 5.73 Å². The SMILES string of the molecule is Nc1c(Br)nc(-c2ccccc2)nc1Br. The van der Waals surface area contributed by atoms with Gasteiger partial charge in [0.2, 0.25) is 0 Å². The summed E-state index contributed by atoms with van der Waals surface area (Å²) in [6.45, 7) is 0. The third-order valence-electron chi connectivity index (χ3n) is 1.88. The first-order valence-electron chi connectivity index (χ1n) is 4.22. The Morgan fingerprint density at radius 1 is 0.933 bits per heavy atom. The maximum Gasteiger partial charge on any atom is 0.161 e. The van der Waals surface area contributed by atoms with E-state index in [-0.39, 0.29) is 0 Å². The van der Waals surface area contributed by atoms with Crippen molar-refractivity contribution < 1.29 is 0 Å². The number of nitrogens with two attached hydrogens (primary N) is 1. The number of hydrogen-bond donors (Lipinski definition) is 1. The second-order valence-corrected chi connectivity index (χ2v) is 4.41. The Hall–Kier alpha value is -0.940. The summed E-state index contributed by atoms with van der Waals surface area (Å²) in [5.74, 6) is 0.642. The summed E-state index contributed by atoms with van der Waals surface area (Å²) >= 11 is 6.58. The number of hydrogen-bond acceptors (Lipinski definition) is 3. The fraction of sp³-hybridized carbons (Fsp3) is 0. The maximum atomic E-state index is 5.71. The van der Waals surface area contributed by atoms with E-state index in [0.717, 1.165) is 5.56 Å². The van der Waals surface area contributed by atoms with Crippen molar-refractivity contribution in [1.82, 2.24) is 9.97 Å². The fourth-order valence-electron chi connectivity index (χ4n) is 1.13. The highest BCUT2D eigenvalue weighted by Gasteiger charge is 2.08. The quantitative estimate of drug-likeness (QED) is 0.817. The molecule has 0 aliphatic rings. The lowest BCUT2D eigenvalue weighted by Gasteiger charge is -2.04. The van der Waals surface area contributed by atoms with Crippen LogP contribution < -0.4 is 5.73 Å². The molecule has 0 spiro atoms. The molecule has 2 N–H and O–H groups in total. The molecule has 1 heterocycles. The van der Waals surface area contributed by atoms with Crippen LogP contribution in [0.1, 0.15) is 0 Å². The molecule has 0 atom stereocenters. The van der Waals surface area contributed by atoms with Gasteiger partial charge in [0.1, 0.15) is 9.21 Å². The van der Waals surface area contributed by atoms with E-state index < -0.39 is 0 Å². The molecule has 1 aromatic heterocycles. The van der Waals surface area contributed by atoms with Gasteiger partial charge in [-0.05, 0) is 31.9 Å². The third-order valence-corrected chi connectivity index (χ3v) is 3.09. The zero-order valence-electron chi connectivity index (χ0n) is 7.61. The highest BCUT2D eigenvalue weighted by molar-refractivity contribution is 9.11. The van der Waals surface area contributed by atoms with Crippen LogP contribution in [0.15, 0.2) is 39.5 Å². The summed E-state index contributed by atoms with van der Waals surface area (Å²) in [5.41, 5.74) is 7.18. The summed E-state index contributed by atoms with van der Waals surface area (Å²) in [4.78, 5) is 8.51. The van der Waals surface area contributed by atoms with Crippen LogP contribution in [0.5, 0.6) is 0 Å². The normalized spacial score (nSPS) is 10.3. The molecule has 0 saturated heterocycles. The van der Waals surface area contributed by atoms with Gasteiger partial charge in [-0.1, -0.05) is 30.3 Å². The average molecular weight is 329 g/mol. The van der Waals surface area contributed by atoms with E-state index >= 15 is 0 Å². The highest BCUT2D eigenvalue weighted by Crippen LogP contribution is 2.27. The van der Waals surface area contributed by atoms with Gasteiger partial charge in [-0.3, -0.25) is 0 Å². The van der Waals surface area contributed by atoms with Crippen molar-refractivity contribution >= 4 is 37.5 Å². The zero-order valence-corrected chi connectivity index (χ0v) is 10.8. The van der Waals surface area contributed by atoms with Crippen molar-refractivity contribution in [3.05, 3.63) is 39.5 Å². The third kappa shape index (κ3) is 2.18. The Kier molecular flexibility index (Phi) is 3.02. The van der Waals surface area contributed by atoms with Gasteiger partial charge in [-0.2, -0.15) is 0 Å². The molecule has 15 heavy (non-hydrogen) atoms. The van der Waals surface area contributed by atoms with Crippen molar-refractivity contribution in [1.29, 1.82) is 0 Å². The molecular formula is C10H7Br2N3. The maximum absolute atomic E-state index is 5.71. The number of nitrogens with zero attached hydrogens (tertiary/aromatic N) is 2. The van der Waals surface area contributed by atoms with Crippen LogP contribution in [0, 0.1) is 0 Å². The first kappa shape index (κ1) is 10.6. The predicted octanol–water partition coefficient (Wildman–Crippen LogP) is 3.25. The van der Waals surface area contributed by atoms with Gasteiger partial charge in [-0.25, -0.2) is 9.97 Å². The number of rotatable bonds is 1. The standard InChI is InChI=1S/C10H7Br2N3/c11-8-7(13)9(12)15-10(14-8)6-4-2-1-3-5-6/h1-5H,13H2. The van der Waals surface area contributed by atoms with E-state index in [4.69, 9.17) is 5.73 Å². The Bertz CT molecular complexity index is 462. The lowest BCUT2D eigenvalue weighted by atomic mass is 10.2. The number of halogens is 2. The van der Waals surface area contributed by atoms with Crippen molar-refractivity contribution in [3.63, 3.8) is 0 Å². The zero-order chi connectivity index (χ0) is 10.8. The Morgan fingerprint density at radius 2 is 1.47 bits per heavy atom. The van der Waals surface area contributed by atoms with E-state index in [1.54, 1.807) is 0 Å². The Morgan fingerprint density at radius 3 is 2.00 bits per heavy atom. The molecule has 0 aliphatic heterocycles. The lowest BCUT2D eigenvalue weighted by Crippen LogP contribution is -1.97. The molecule has 0 fully saturated rings. The largest absolute Gasteiger partial charge is 0.394 e. The molecule has 2 rings (SSSR count). The van der Waals surface area contributed by atoms with Gasteiger partial charge < -0.3 is 5.73 Å². The minimum atomic E-state index is 0.509. The molecular weight excluding hydrogens is 322 g/mol. The molecule has 1 aromatic carbocycles. The van der Waals surface area contributed by atoms with Crippen molar-refractivity contribution in [2.24, 2.45) is 0 Å². The molecule has 3 nitrogen and oxygen atoms in total. The van der Waals surface area contributed by atoms with Gasteiger partial charge in [0.25, 0.3) is 0 Å². The molecule has 0 bridgehead atoms. The van der Waals surface area contributed by atoms with Crippen molar-refractivity contribution in [2.45, 2.75) is 0 Å². The Balaban J connectivity index is 2.56. The lowest BCUT2D eigenvalue weighted by molar-refractivity contribution is 1.13. The highest BCUT2D eigenvalue weighted by atomic mass is 79.9. The minimum Gasteiger partial charge on any atom is -0.394 e. The van der Waals surface area contributed by atoms with Gasteiger partial charge >= 0.3 is 0 Å². The van der Waals surface area contributed by atoms with Crippen LogP contribution in [0.4, 0.5) is 5.69 Å². The van der Waals surface area contributed by atoms with Crippen LogP contribution in [-0.4, -0.2) is 9.97 Å². The van der Waals surface area contributed by atoms with E-state index in [9.17, 15) is 0 Å². The van der Waals surface area contributed by atoms with E-state index in [0.29, 0.717) is 20.7 Å². The molecule has 0 amide bonds. The summed E-state index contributed by atoms with van der Waals surface area (Å²) in [6.07, 6.45) is 0. The Labute approximate surface area is 104 Å². The topological polar surface area (TPSA) is 51.8 Å². The van der Waals surface area contributed by atoms with Crippen molar-refractivity contribution in [3.8, 4) is 11.4 Å². The van der Waals surface area contributed by atoms with Crippen LogP contribution in [0.3, 0.4) is 0 Å². The van der Waals surface area contributed by atoms with Crippen LogP contribution in [-0.2, 0) is 0 Å². The van der Waals surface area contributed by atoms with Gasteiger partial charge in [0.15, 0.2) is 5.82 Å². The molecule has 0 saturated carbocycles. The first-order chi connectivity index (χ1) is 7.18. The molecule has 5 heteroatoms. The van der Waals surface area contributed by atoms with Gasteiger partial charge in [-0.15, -0.1) is 0 Å². The van der Waals surface area contributed by atoms with Gasteiger partial charge in [0, 0.05) is 5.56 Å². The number of nitrogen functional groups attached to an aromatic ring is 1. The van der Waals surface area contributed by atoms with E-state index in [2.05, 4.69) is 41.8 Å². The molecule has 0 aliphatic carbocycles. The predicted molar refractivity (Wildman–Crippen MR) is 67.3 cm³/mol. The first-order valence-corrected chi connectivity index (χ1v) is 5.81. The monoisotopic (exact) mass is 327 g/mol. The summed E-state index contributed by atoms with van der Waals surface area (Å²) in [5, 5.41) is 0. The summed E-state index contributed by atoms with van der Waals surface area (Å²) < 4.78 is 1.20.